The molecule has 6 heteroatoms. The minimum Gasteiger partial charge on any atom is -0.485 e. The number of rotatable bonds is 6. The van der Waals surface area contributed by atoms with Crippen LogP contribution in [0.4, 0.5) is 0 Å². The smallest absolute Gasteiger partial charge is 0.336 e. The number of carbonyl (C=O) groups is 1. The molecule has 28 heavy (non-hydrogen) atoms. The van der Waals surface area contributed by atoms with E-state index in [-0.39, 0.29) is 18.5 Å². The molecule has 0 N–H and O–H groups in total. The van der Waals surface area contributed by atoms with Crippen molar-refractivity contribution in [1.29, 1.82) is 0 Å². The largest absolute Gasteiger partial charge is 0.485 e. The van der Waals surface area contributed by atoms with E-state index in [2.05, 4.69) is 4.57 Å². The summed E-state index contributed by atoms with van der Waals surface area (Å²) in [6.07, 6.45) is 2.37. The molecule has 146 valence electrons. The van der Waals surface area contributed by atoms with Crippen LogP contribution in [0.5, 0.6) is 5.75 Å². The van der Waals surface area contributed by atoms with Crippen molar-refractivity contribution >= 4 is 16.8 Å². The molecule has 0 spiro atoms. The Morgan fingerprint density at radius 3 is 2.82 bits per heavy atom. The van der Waals surface area contributed by atoms with Crippen LogP contribution in [0.25, 0.3) is 11.0 Å². The Labute approximate surface area is 162 Å². The topological polar surface area (TPSA) is 70.7 Å². The predicted octanol–water partition coefficient (Wildman–Crippen LogP) is 3.65. The third-order valence-electron chi connectivity index (χ3n) is 5.25. The van der Waals surface area contributed by atoms with Crippen LogP contribution >= 0.6 is 0 Å². The van der Waals surface area contributed by atoms with Gasteiger partial charge in [0.05, 0.1) is 6.10 Å². The van der Waals surface area contributed by atoms with Crippen molar-refractivity contribution in [1.82, 2.24) is 4.57 Å². The molecule has 1 aliphatic heterocycles. The second kappa shape index (κ2) is 7.64. The van der Waals surface area contributed by atoms with E-state index in [1.54, 1.807) is 24.3 Å². The highest BCUT2D eigenvalue weighted by Crippen LogP contribution is 2.22. The molecule has 0 bridgehead atoms. The Kier molecular flexibility index (Phi) is 5.05. The normalized spacial score (nSPS) is 16.6. The number of ether oxygens (including phenoxy) is 2. The third kappa shape index (κ3) is 3.73. The summed E-state index contributed by atoms with van der Waals surface area (Å²) >= 11 is 0. The van der Waals surface area contributed by atoms with E-state index in [0.29, 0.717) is 16.9 Å². The molecule has 1 saturated heterocycles. The second-order valence-corrected chi connectivity index (χ2v) is 7.20. The number of hydrogen-bond acceptors (Lipinski definition) is 5. The first-order valence-corrected chi connectivity index (χ1v) is 9.49. The Balaban J connectivity index is 1.47. The van der Waals surface area contributed by atoms with Gasteiger partial charge in [0.2, 0.25) is 5.78 Å². The lowest BCUT2D eigenvalue weighted by Gasteiger charge is -2.14. The molecule has 0 aliphatic carbocycles. The molecule has 4 rings (SSSR count). The van der Waals surface area contributed by atoms with Crippen LogP contribution in [0.2, 0.25) is 0 Å². The van der Waals surface area contributed by atoms with Crippen LogP contribution in [0.3, 0.4) is 0 Å². The minimum atomic E-state index is -0.417. The van der Waals surface area contributed by atoms with Crippen molar-refractivity contribution in [3.63, 3.8) is 0 Å². The molecule has 3 heterocycles. The van der Waals surface area contributed by atoms with Gasteiger partial charge >= 0.3 is 5.63 Å². The van der Waals surface area contributed by atoms with E-state index >= 15 is 0 Å². The van der Waals surface area contributed by atoms with Crippen LogP contribution < -0.4 is 10.4 Å². The second-order valence-electron chi connectivity index (χ2n) is 7.20. The van der Waals surface area contributed by atoms with Crippen LogP contribution in [0.15, 0.2) is 45.6 Å². The first kappa shape index (κ1) is 18.5. The molecule has 0 radical (unpaired) electrons. The van der Waals surface area contributed by atoms with E-state index in [1.165, 1.54) is 6.07 Å². The maximum absolute atomic E-state index is 12.7. The standard InChI is InChI=1S/C22H23NO5/c1-14-10-19(15(2)23(14)12-18-4-3-9-26-18)20(24)13-27-17-7-5-16-6-8-22(25)28-21(16)11-17/h5-8,10-11,18H,3-4,9,12-13H2,1-2H3. The maximum atomic E-state index is 12.7. The summed E-state index contributed by atoms with van der Waals surface area (Å²) in [6, 6.07) is 10.2. The van der Waals surface area contributed by atoms with E-state index in [0.717, 1.165) is 42.8 Å². The lowest BCUT2D eigenvalue weighted by molar-refractivity contribution is 0.0914. The van der Waals surface area contributed by atoms with Gasteiger partial charge in [-0.1, -0.05) is 0 Å². The number of aryl methyl sites for hydroxylation is 1. The van der Waals surface area contributed by atoms with E-state index in [4.69, 9.17) is 13.9 Å². The first-order valence-electron chi connectivity index (χ1n) is 9.49. The van der Waals surface area contributed by atoms with Gasteiger partial charge in [-0.05, 0) is 51.0 Å². The highest BCUT2D eigenvalue weighted by molar-refractivity contribution is 5.98. The maximum Gasteiger partial charge on any atom is 0.336 e. The molecule has 1 fully saturated rings. The first-order chi connectivity index (χ1) is 13.5. The lowest BCUT2D eigenvalue weighted by Crippen LogP contribution is -2.18. The number of hydrogen-bond donors (Lipinski definition) is 0. The monoisotopic (exact) mass is 381 g/mol. The molecule has 2 aromatic heterocycles. The molecule has 3 aromatic rings. The Morgan fingerprint density at radius 1 is 1.21 bits per heavy atom. The SMILES string of the molecule is Cc1cc(C(=O)COc2ccc3ccc(=O)oc3c2)c(C)n1CC1CCCO1. The van der Waals surface area contributed by atoms with Crippen LogP contribution in [0.1, 0.15) is 34.6 Å². The summed E-state index contributed by atoms with van der Waals surface area (Å²) in [5.74, 6) is 0.407. The van der Waals surface area contributed by atoms with Crippen molar-refractivity contribution in [2.24, 2.45) is 0 Å². The lowest BCUT2D eigenvalue weighted by atomic mass is 10.1. The predicted molar refractivity (Wildman–Crippen MR) is 105 cm³/mol. The van der Waals surface area contributed by atoms with Crippen molar-refractivity contribution in [2.45, 2.75) is 39.3 Å². The van der Waals surface area contributed by atoms with Crippen molar-refractivity contribution in [3.05, 3.63) is 63.8 Å². The van der Waals surface area contributed by atoms with Gasteiger partial charge in [0.1, 0.15) is 11.3 Å². The summed E-state index contributed by atoms with van der Waals surface area (Å²) in [5.41, 5.74) is 2.67. The highest BCUT2D eigenvalue weighted by atomic mass is 16.5. The van der Waals surface area contributed by atoms with Gasteiger partial charge in [-0.25, -0.2) is 4.79 Å². The van der Waals surface area contributed by atoms with Gasteiger partial charge in [-0.15, -0.1) is 0 Å². The van der Waals surface area contributed by atoms with Crippen molar-refractivity contribution in [3.8, 4) is 5.75 Å². The van der Waals surface area contributed by atoms with Crippen LogP contribution in [-0.2, 0) is 11.3 Å². The van der Waals surface area contributed by atoms with E-state index < -0.39 is 5.63 Å². The third-order valence-corrected chi connectivity index (χ3v) is 5.25. The summed E-state index contributed by atoms with van der Waals surface area (Å²) in [6.45, 7) is 5.47. The van der Waals surface area contributed by atoms with Gasteiger partial charge < -0.3 is 18.5 Å². The van der Waals surface area contributed by atoms with Crippen LogP contribution in [-0.4, -0.2) is 29.7 Å². The number of carbonyl (C=O) groups excluding carboxylic acids is 1. The summed E-state index contributed by atoms with van der Waals surface area (Å²) < 4.78 is 18.7. The number of fused-ring (bicyclic) bond motifs is 1. The van der Waals surface area contributed by atoms with Crippen molar-refractivity contribution < 1.29 is 18.7 Å². The average Bonchev–Trinajstić information content (AvgIpc) is 3.29. The molecular formula is C22H23NO5. The van der Waals surface area contributed by atoms with Gasteiger partial charge in [0.25, 0.3) is 0 Å². The summed E-state index contributed by atoms with van der Waals surface area (Å²) in [5, 5.41) is 0.802. The number of aromatic nitrogens is 1. The molecule has 1 atom stereocenters. The summed E-state index contributed by atoms with van der Waals surface area (Å²) in [4.78, 5) is 24.1. The van der Waals surface area contributed by atoms with Gasteiger partial charge in [0, 0.05) is 47.6 Å². The quantitative estimate of drug-likeness (QED) is 0.481. The van der Waals surface area contributed by atoms with Crippen molar-refractivity contribution in [2.75, 3.05) is 13.2 Å². The number of benzene rings is 1. The summed E-state index contributed by atoms with van der Waals surface area (Å²) in [7, 11) is 0. The fourth-order valence-corrected chi connectivity index (χ4v) is 3.71. The highest BCUT2D eigenvalue weighted by Gasteiger charge is 2.21. The van der Waals surface area contributed by atoms with E-state index in [9.17, 15) is 9.59 Å². The Hall–Kier alpha value is -2.86. The molecule has 0 saturated carbocycles. The van der Waals surface area contributed by atoms with Gasteiger partial charge in [-0.3, -0.25) is 4.79 Å². The Morgan fingerprint density at radius 2 is 2.04 bits per heavy atom. The zero-order valence-corrected chi connectivity index (χ0v) is 16.1. The number of ketones is 1. The average molecular weight is 381 g/mol. The number of Topliss-reactive ketones (excluding diaryl/α,β-unsaturated/α-hetero) is 1. The van der Waals surface area contributed by atoms with Gasteiger partial charge in [-0.2, -0.15) is 0 Å². The zero-order chi connectivity index (χ0) is 19.7. The molecule has 1 aliphatic rings. The van der Waals surface area contributed by atoms with E-state index in [1.807, 2.05) is 19.9 Å². The Bertz CT molecular complexity index is 1070. The van der Waals surface area contributed by atoms with Gasteiger partial charge in [0.15, 0.2) is 6.61 Å². The fraction of sp³-hybridized carbons (Fsp3) is 0.364. The molecular weight excluding hydrogens is 358 g/mol. The minimum absolute atomic E-state index is 0.0766. The molecule has 6 nitrogen and oxygen atoms in total. The molecule has 1 aromatic carbocycles. The molecule has 0 amide bonds. The fourth-order valence-electron chi connectivity index (χ4n) is 3.71. The zero-order valence-electron chi connectivity index (χ0n) is 16.1. The molecule has 1 unspecified atom stereocenters. The van der Waals surface area contributed by atoms with Crippen LogP contribution in [0, 0.1) is 13.8 Å². The number of nitrogens with zero attached hydrogens (tertiary/aromatic N) is 1.